The van der Waals surface area contributed by atoms with E-state index in [1.54, 1.807) is 6.92 Å². The highest BCUT2D eigenvalue weighted by Crippen LogP contribution is 2.21. The van der Waals surface area contributed by atoms with E-state index in [9.17, 15) is 24.1 Å². The Morgan fingerprint density at radius 2 is 2.14 bits per heavy atom. The number of nitro benzene ring substituents is 1. The predicted octanol–water partition coefficient (Wildman–Crippen LogP) is 2.06. The molecular weight excluding hydrogens is 285 g/mol. The first-order valence-electron chi connectivity index (χ1n) is 5.98. The van der Waals surface area contributed by atoms with E-state index in [1.807, 2.05) is 0 Å². The molecule has 2 amide bonds. The number of nitro groups is 1. The first-order valence-corrected chi connectivity index (χ1v) is 5.98. The summed E-state index contributed by atoms with van der Waals surface area (Å²) in [4.78, 5) is 33.3. The maximum Gasteiger partial charge on any atom is 0.326 e. The summed E-state index contributed by atoms with van der Waals surface area (Å²) in [6.07, 6.45) is 0.202. The number of anilines is 1. The number of likely N-dealkylation sites (N-methyl/N-ethyl adjacent to an activating group) is 1. The number of nitrogens with one attached hydrogen (secondary N) is 1. The quantitative estimate of drug-likeness (QED) is 0.638. The minimum atomic E-state index is -1.16. The molecule has 0 saturated carbocycles. The molecule has 8 nitrogen and oxygen atoms in total. The van der Waals surface area contributed by atoms with Gasteiger partial charge in [0.25, 0.3) is 0 Å². The highest BCUT2D eigenvalue weighted by Gasteiger charge is 2.25. The van der Waals surface area contributed by atoms with Crippen LogP contribution in [0.5, 0.6) is 0 Å². The maximum absolute atomic E-state index is 13.4. The number of nitrogens with zero attached hydrogens (tertiary/aromatic N) is 2. The number of hydrogen-bond acceptors (Lipinski definition) is 4. The minimum Gasteiger partial charge on any atom is -0.480 e. The summed E-state index contributed by atoms with van der Waals surface area (Å²) in [6.45, 7) is 1.61. The smallest absolute Gasteiger partial charge is 0.326 e. The van der Waals surface area contributed by atoms with Crippen LogP contribution < -0.4 is 5.32 Å². The van der Waals surface area contributed by atoms with Crippen LogP contribution in [0.1, 0.15) is 13.3 Å². The van der Waals surface area contributed by atoms with Crippen LogP contribution in [0.15, 0.2) is 18.2 Å². The number of urea groups is 1. The van der Waals surface area contributed by atoms with Crippen molar-refractivity contribution in [3.8, 4) is 0 Å². The zero-order valence-electron chi connectivity index (χ0n) is 11.4. The van der Waals surface area contributed by atoms with Crippen LogP contribution in [-0.2, 0) is 4.79 Å². The lowest BCUT2D eigenvalue weighted by molar-refractivity contribution is -0.387. The second kappa shape index (κ2) is 6.64. The summed E-state index contributed by atoms with van der Waals surface area (Å²) in [5.74, 6) is -2.25. The van der Waals surface area contributed by atoms with Crippen molar-refractivity contribution in [3.05, 3.63) is 34.1 Å². The third kappa shape index (κ3) is 3.88. The number of hydrogen-bond donors (Lipinski definition) is 2. The van der Waals surface area contributed by atoms with Gasteiger partial charge in [-0.3, -0.25) is 10.1 Å². The highest BCUT2D eigenvalue weighted by atomic mass is 19.1. The Bertz CT molecular complexity index is 578. The molecule has 1 unspecified atom stereocenters. The average molecular weight is 299 g/mol. The van der Waals surface area contributed by atoms with Crippen LogP contribution in [0, 0.1) is 15.9 Å². The van der Waals surface area contributed by atoms with E-state index < -0.39 is 34.5 Å². The molecule has 0 aliphatic heterocycles. The van der Waals surface area contributed by atoms with Crippen LogP contribution in [0.2, 0.25) is 0 Å². The maximum atomic E-state index is 13.4. The van der Waals surface area contributed by atoms with Gasteiger partial charge in [0.05, 0.1) is 4.92 Å². The summed E-state index contributed by atoms with van der Waals surface area (Å²) >= 11 is 0. The van der Waals surface area contributed by atoms with E-state index >= 15 is 0 Å². The standard InChI is InChI=1S/C12H14FN3O5/c1-3-9(11(17)18)15(2)12(19)14-7-4-5-10(16(20)21)8(13)6-7/h4-6,9H,3H2,1-2H3,(H,14,19)(H,17,18). The molecule has 0 aliphatic carbocycles. The highest BCUT2D eigenvalue weighted by molar-refractivity contribution is 5.92. The van der Waals surface area contributed by atoms with Crippen molar-refractivity contribution in [2.45, 2.75) is 19.4 Å². The van der Waals surface area contributed by atoms with E-state index in [0.717, 1.165) is 23.1 Å². The molecule has 0 aromatic heterocycles. The number of aliphatic carboxylic acids is 1. The van der Waals surface area contributed by atoms with Crippen molar-refractivity contribution >= 4 is 23.4 Å². The van der Waals surface area contributed by atoms with Crippen molar-refractivity contribution in [1.82, 2.24) is 4.90 Å². The molecule has 1 atom stereocenters. The van der Waals surface area contributed by atoms with Crippen LogP contribution >= 0.6 is 0 Å². The Labute approximate surface area is 119 Å². The van der Waals surface area contributed by atoms with Gasteiger partial charge >= 0.3 is 17.7 Å². The van der Waals surface area contributed by atoms with Crippen molar-refractivity contribution in [3.63, 3.8) is 0 Å². The SMILES string of the molecule is CCC(C(=O)O)N(C)C(=O)Nc1ccc([N+](=O)[O-])c(F)c1. The van der Waals surface area contributed by atoms with E-state index in [0.29, 0.717) is 0 Å². The molecule has 1 aromatic rings. The summed E-state index contributed by atoms with van der Waals surface area (Å²) < 4.78 is 13.4. The summed E-state index contributed by atoms with van der Waals surface area (Å²) in [6, 6.07) is 1.10. The largest absolute Gasteiger partial charge is 0.480 e. The Morgan fingerprint density at radius 1 is 1.52 bits per heavy atom. The number of halogens is 1. The van der Waals surface area contributed by atoms with E-state index in [4.69, 9.17) is 5.11 Å². The molecule has 0 aliphatic rings. The Balaban J connectivity index is 2.86. The van der Waals surface area contributed by atoms with Gasteiger partial charge in [0, 0.05) is 24.9 Å². The topological polar surface area (TPSA) is 113 Å². The fourth-order valence-electron chi connectivity index (χ4n) is 1.70. The predicted molar refractivity (Wildman–Crippen MR) is 71.6 cm³/mol. The molecule has 1 aromatic carbocycles. The average Bonchev–Trinajstić information content (AvgIpc) is 2.38. The number of amides is 2. The molecule has 0 radical (unpaired) electrons. The number of carboxylic acids is 1. The summed E-state index contributed by atoms with van der Waals surface area (Å²) in [5, 5.41) is 21.7. The fourth-order valence-corrected chi connectivity index (χ4v) is 1.70. The van der Waals surface area contributed by atoms with Gasteiger partial charge in [0.2, 0.25) is 5.82 Å². The zero-order chi connectivity index (χ0) is 16.2. The van der Waals surface area contributed by atoms with Gasteiger partial charge in [-0.15, -0.1) is 0 Å². The second-order valence-electron chi connectivity index (χ2n) is 4.23. The fraction of sp³-hybridized carbons (Fsp3) is 0.333. The molecule has 9 heteroatoms. The van der Waals surface area contributed by atoms with Crippen LogP contribution in [0.25, 0.3) is 0 Å². The second-order valence-corrected chi connectivity index (χ2v) is 4.23. The Hall–Kier alpha value is -2.71. The number of carboxylic acid groups (broad SMARTS) is 1. The first-order chi connectivity index (χ1) is 9.77. The molecule has 0 saturated heterocycles. The minimum absolute atomic E-state index is 0.00445. The van der Waals surface area contributed by atoms with Gasteiger partial charge < -0.3 is 15.3 Å². The normalized spacial score (nSPS) is 11.6. The number of carbonyl (C=O) groups is 2. The van der Waals surface area contributed by atoms with Crippen molar-refractivity contribution in [2.75, 3.05) is 12.4 Å². The van der Waals surface area contributed by atoms with Crippen molar-refractivity contribution < 1.29 is 24.0 Å². The molecule has 114 valence electrons. The zero-order valence-corrected chi connectivity index (χ0v) is 11.4. The van der Waals surface area contributed by atoms with E-state index in [1.165, 1.54) is 7.05 Å². The Morgan fingerprint density at radius 3 is 2.57 bits per heavy atom. The third-order valence-electron chi connectivity index (χ3n) is 2.86. The lowest BCUT2D eigenvalue weighted by Gasteiger charge is -2.23. The summed E-state index contributed by atoms with van der Waals surface area (Å²) in [5.41, 5.74) is -0.714. The molecule has 0 fully saturated rings. The van der Waals surface area contributed by atoms with Crippen LogP contribution in [0.3, 0.4) is 0 Å². The Kier molecular flexibility index (Phi) is 5.17. The van der Waals surface area contributed by atoms with Crippen LogP contribution in [0.4, 0.5) is 20.6 Å². The molecule has 2 N–H and O–H groups in total. The van der Waals surface area contributed by atoms with Crippen LogP contribution in [-0.4, -0.2) is 40.0 Å². The number of rotatable bonds is 5. The van der Waals surface area contributed by atoms with Crippen molar-refractivity contribution in [1.29, 1.82) is 0 Å². The number of benzene rings is 1. The lowest BCUT2D eigenvalue weighted by Crippen LogP contribution is -2.44. The van der Waals surface area contributed by atoms with Gasteiger partial charge in [0.1, 0.15) is 6.04 Å². The summed E-state index contributed by atoms with van der Waals surface area (Å²) in [7, 11) is 1.29. The van der Waals surface area contributed by atoms with Gasteiger partial charge in [-0.1, -0.05) is 6.92 Å². The van der Waals surface area contributed by atoms with Gasteiger partial charge in [-0.2, -0.15) is 4.39 Å². The molecule has 1 rings (SSSR count). The monoisotopic (exact) mass is 299 g/mol. The molecule has 21 heavy (non-hydrogen) atoms. The van der Waals surface area contributed by atoms with E-state index in [-0.39, 0.29) is 12.1 Å². The molecule has 0 heterocycles. The van der Waals surface area contributed by atoms with Crippen molar-refractivity contribution in [2.24, 2.45) is 0 Å². The lowest BCUT2D eigenvalue weighted by atomic mass is 10.2. The molecular formula is C12H14FN3O5. The molecule has 0 spiro atoms. The van der Waals surface area contributed by atoms with Gasteiger partial charge in [0.15, 0.2) is 0 Å². The first kappa shape index (κ1) is 16.3. The molecule has 0 bridgehead atoms. The van der Waals surface area contributed by atoms with Gasteiger partial charge in [-0.05, 0) is 12.5 Å². The van der Waals surface area contributed by atoms with Gasteiger partial charge in [-0.25, -0.2) is 9.59 Å². The third-order valence-corrected chi connectivity index (χ3v) is 2.86. The van der Waals surface area contributed by atoms with E-state index in [2.05, 4.69) is 5.32 Å². The number of carbonyl (C=O) groups excluding carboxylic acids is 1.